The van der Waals surface area contributed by atoms with E-state index in [0.29, 0.717) is 30.7 Å². The molecule has 1 saturated heterocycles. The highest BCUT2D eigenvalue weighted by Crippen LogP contribution is 2.38. The van der Waals surface area contributed by atoms with Gasteiger partial charge in [0, 0.05) is 36.5 Å². The first-order chi connectivity index (χ1) is 11.6. The first kappa shape index (κ1) is 15.3. The number of hydrogen-bond acceptors (Lipinski definition) is 7. The second-order valence-corrected chi connectivity index (χ2v) is 6.58. The lowest BCUT2D eigenvalue weighted by atomic mass is 10.0. The van der Waals surface area contributed by atoms with E-state index in [1.165, 1.54) is 17.5 Å². The Morgan fingerprint density at radius 2 is 2.38 bits per heavy atom. The first-order valence-electron chi connectivity index (χ1n) is 7.53. The summed E-state index contributed by atoms with van der Waals surface area (Å²) in [6, 6.07) is -0.359. The first-order valence-corrected chi connectivity index (χ1v) is 8.41. The minimum Gasteiger partial charge on any atom is -0.494 e. The predicted octanol–water partition coefficient (Wildman–Crippen LogP) is 2.06. The van der Waals surface area contributed by atoms with E-state index in [0.717, 1.165) is 4.88 Å². The van der Waals surface area contributed by atoms with Crippen LogP contribution in [0.5, 0.6) is 5.88 Å². The number of fused-ring (bicyclic) bond motifs is 1. The number of aromatic nitrogens is 3. The molecule has 3 aromatic heterocycles. The van der Waals surface area contributed by atoms with Crippen molar-refractivity contribution in [2.75, 3.05) is 18.5 Å². The summed E-state index contributed by atoms with van der Waals surface area (Å²) in [5.74, 6) is -0.519. The molecular weight excluding hydrogens is 333 g/mol. The summed E-state index contributed by atoms with van der Waals surface area (Å²) in [6.45, 7) is 0.996. The van der Waals surface area contributed by atoms with Crippen molar-refractivity contribution in [2.45, 2.75) is 18.5 Å². The second kappa shape index (κ2) is 6.00. The highest BCUT2D eigenvalue weighted by Gasteiger charge is 2.26. The van der Waals surface area contributed by atoms with Crippen LogP contribution in [0.2, 0.25) is 0 Å². The average Bonchev–Trinajstić information content (AvgIpc) is 3.23. The van der Waals surface area contributed by atoms with Gasteiger partial charge in [-0.05, 0) is 6.42 Å². The van der Waals surface area contributed by atoms with E-state index in [-0.39, 0.29) is 29.2 Å². The van der Waals surface area contributed by atoms with E-state index in [1.54, 1.807) is 11.7 Å². The van der Waals surface area contributed by atoms with E-state index >= 15 is 0 Å². The Morgan fingerprint density at radius 3 is 3.12 bits per heavy atom. The minimum atomic E-state index is -0.520. The van der Waals surface area contributed by atoms with Gasteiger partial charge in [0.15, 0.2) is 17.5 Å². The number of nitrogens with one attached hydrogen (secondary N) is 2. The zero-order chi connectivity index (χ0) is 16.7. The van der Waals surface area contributed by atoms with Gasteiger partial charge >= 0.3 is 0 Å². The van der Waals surface area contributed by atoms with Crippen LogP contribution in [-0.4, -0.2) is 45.4 Å². The third-order valence-electron chi connectivity index (χ3n) is 4.15. The number of hydrogen-bond donors (Lipinski definition) is 4. The highest BCUT2D eigenvalue weighted by molar-refractivity contribution is 7.13. The highest BCUT2D eigenvalue weighted by atomic mass is 32.1. The number of thiazole rings is 1. The van der Waals surface area contributed by atoms with Crippen molar-refractivity contribution in [1.82, 2.24) is 15.0 Å². The average molecular weight is 349 g/mol. The molecule has 3 aromatic rings. The maximum Gasteiger partial charge on any atom is 0.198 e. The normalized spacial score (nSPS) is 21.2. The molecule has 0 unspecified atom stereocenters. The minimum absolute atomic E-state index is 0.117. The van der Waals surface area contributed by atoms with Gasteiger partial charge in [-0.15, -0.1) is 11.3 Å². The number of nitrogens with zero attached hydrogens (tertiary/aromatic N) is 2. The molecule has 4 rings (SSSR count). The zero-order valence-electron chi connectivity index (χ0n) is 12.6. The SMILES string of the molecule is N[C@H]1COCC[C@H]1Nc1nc(-c2cncs2)c2c(O)[nH]cc2c1F. The lowest BCUT2D eigenvalue weighted by Crippen LogP contribution is -2.47. The Balaban J connectivity index is 1.82. The number of nitrogens with two attached hydrogens (primary N) is 1. The summed E-state index contributed by atoms with van der Waals surface area (Å²) < 4.78 is 20.2. The quantitative estimate of drug-likeness (QED) is 0.576. The van der Waals surface area contributed by atoms with Crippen LogP contribution in [-0.2, 0) is 4.74 Å². The molecule has 2 atom stereocenters. The van der Waals surface area contributed by atoms with E-state index in [9.17, 15) is 9.50 Å². The molecule has 0 amide bonds. The van der Waals surface area contributed by atoms with Crippen LogP contribution in [0, 0.1) is 5.82 Å². The molecule has 1 fully saturated rings. The summed E-state index contributed by atoms with van der Waals surface area (Å²) in [5.41, 5.74) is 8.18. The van der Waals surface area contributed by atoms with Gasteiger partial charge in [-0.1, -0.05) is 0 Å². The van der Waals surface area contributed by atoms with Gasteiger partial charge in [0.25, 0.3) is 0 Å². The van der Waals surface area contributed by atoms with Gasteiger partial charge in [-0.2, -0.15) is 0 Å². The summed E-state index contributed by atoms with van der Waals surface area (Å²) in [5, 5.41) is 13.8. The molecule has 0 radical (unpaired) electrons. The molecule has 0 saturated carbocycles. The Labute approximate surface area is 140 Å². The van der Waals surface area contributed by atoms with Crippen LogP contribution >= 0.6 is 11.3 Å². The molecule has 24 heavy (non-hydrogen) atoms. The summed E-state index contributed by atoms with van der Waals surface area (Å²) >= 11 is 1.37. The number of aromatic hydroxyl groups is 1. The Hall–Kier alpha value is -2.23. The number of halogens is 1. The van der Waals surface area contributed by atoms with E-state index in [4.69, 9.17) is 10.5 Å². The molecule has 1 aliphatic rings. The maximum atomic E-state index is 14.8. The number of aromatic amines is 1. The Bertz CT molecular complexity index is 867. The number of H-pyrrole nitrogens is 1. The van der Waals surface area contributed by atoms with Crippen molar-refractivity contribution in [2.24, 2.45) is 5.73 Å². The Morgan fingerprint density at radius 1 is 1.50 bits per heavy atom. The zero-order valence-corrected chi connectivity index (χ0v) is 13.4. The van der Waals surface area contributed by atoms with Crippen molar-refractivity contribution < 1.29 is 14.2 Å². The number of ether oxygens (including phenoxy) is 1. The summed E-state index contributed by atoms with van der Waals surface area (Å²) in [4.78, 5) is 11.8. The number of rotatable bonds is 3. The Kier molecular flexibility index (Phi) is 3.83. The van der Waals surface area contributed by atoms with Crippen molar-refractivity contribution >= 4 is 27.9 Å². The smallest absolute Gasteiger partial charge is 0.198 e. The molecule has 4 heterocycles. The summed E-state index contributed by atoms with van der Waals surface area (Å²) in [7, 11) is 0. The lowest BCUT2D eigenvalue weighted by molar-refractivity contribution is 0.0751. The molecule has 7 nitrogen and oxygen atoms in total. The topological polar surface area (TPSA) is 109 Å². The monoisotopic (exact) mass is 349 g/mol. The lowest BCUT2D eigenvalue weighted by Gasteiger charge is -2.30. The van der Waals surface area contributed by atoms with Gasteiger partial charge in [0.2, 0.25) is 0 Å². The molecule has 0 bridgehead atoms. The van der Waals surface area contributed by atoms with Crippen molar-refractivity contribution in [1.29, 1.82) is 0 Å². The predicted molar refractivity (Wildman–Crippen MR) is 89.6 cm³/mol. The second-order valence-electron chi connectivity index (χ2n) is 5.69. The third kappa shape index (κ3) is 2.50. The van der Waals surface area contributed by atoms with Crippen LogP contribution in [0.1, 0.15) is 6.42 Å². The van der Waals surface area contributed by atoms with Gasteiger partial charge in [-0.25, -0.2) is 9.37 Å². The molecule has 0 aliphatic carbocycles. The largest absolute Gasteiger partial charge is 0.494 e. The number of anilines is 1. The van der Waals surface area contributed by atoms with Crippen molar-refractivity contribution in [3.63, 3.8) is 0 Å². The molecule has 9 heteroatoms. The van der Waals surface area contributed by atoms with E-state index in [1.807, 2.05) is 0 Å². The molecular formula is C15H16FN5O2S. The summed E-state index contributed by atoms with van der Waals surface area (Å²) in [6.07, 6.45) is 3.75. The van der Waals surface area contributed by atoms with Gasteiger partial charge in [0.05, 0.1) is 28.1 Å². The van der Waals surface area contributed by atoms with E-state index in [2.05, 4.69) is 20.3 Å². The maximum absolute atomic E-state index is 14.8. The fraction of sp³-hybridized carbons (Fsp3) is 0.333. The van der Waals surface area contributed by atoms with Crippen molar-refractivity contribution in [3.8, 4) is 16.5 Å². The van der Waals surface area contributed by atoms with Crippen molar-refractivity contribution in [3.05, 3.63) is 23.7 Å². The molecule has 0 aromatic carbocycles. The van der Waals surface area contributed by atoms with Crippen LogP contribution in [0.15, 0.2) is 17.9 Å². The molecule has 5 N–H and O–H groups in total. The van der Waals surface area contributed by atoms with Gasteiger partial charge in [0.1, 0.15) is 0 Å². The van der Waals surface area contributed by atoms with Crippen LogP contribution < -0.4 is 11.1 Å². The van der Waals surface area contributed by atoms with Crippen LogP contribution in [0.25, 0.3) is 21.3 Å². The van der Waals surface area contributed by atoms with Crippen LogP contribution in [0.4, 0.5) is 10.2 Å². The fourth-order valence-corrected chi connectivity index (χ4v) is 3.51. The fourth-order valence-electron chi connectivity index (χ4n) is 2.89. The van der Waals surface area contributed by atoms with Gasteiger partial charge < -0.3 is 25.9 Å². The van der Waals surface area contributed by atoms with Gasteiger partial charge in [-0.3, -0.25) is 4.98 Å². The van der Waals surface area contributed by atoms with Crippen LogP contribution in [0.3, 0.4) is 0 Å². The third-order valence-corrected chi connectivity index (χ3v) is 4.93. The molecule has 1 aliphatic heterocycles. The molecule has 126 valence electrons. The standard InChI is InChI=1S/C15H16FN5O2S/c16-12-7-3-19-15(22)11(7)13(10-4-18-6-24-10)21-14(12)20-9-1-2-23-5-8(9)17/h3-4,6,8-9,19-20,22H,1-2,5,17H2/t8-,9+/m0/s1. The molecule has 0 spiro atoms. The number of pyridine rings is 1. The van der Waals surface area contributed by atoms with E-state index < -0.39 is 5.82 Å².